The molecule has 20 rings (SSSR count). The van der Waals surface area contributed by atoms with Crippen LogP contribution in [0.1, 0.15) is 130 Å². The van der Waals surface area contributed by atoms with E-state index in [0.717, 1.165) is 192 Å². The molecule has 12 aromatic rings. The van der Waals surface area contributed by atoms with Crippen LogP contribution in [0.25, 0.3) is 33.4 Å². The first-order chi connectivity index (χ1) is 57.8. The Morgan fingerprint density at radius 1 is 0.378 bits per heavy atom. The van der Waals surface area contributed by atoms with E-state index in [2.05, 4.69) is 106 Å². The molecule has 0 saturated heterocycles. The van der Waals surface area contributed by atoms with Gasteiger partial charge in [-0.1, -0.05) is 84.4 Å². The zero-order valence-electron chi connectivity index (χ0n) is 68.8. The van der Waals surface area contributed by atoms with Crippen LogP contribution >= 0.6 is 0 Å². The van der Waals surface area contributed by atoms with Gasteiger partial charge in [0.15, 0.2) is 23.3 Å². The maximum absolute atomic E-state index is 14.1. The molecule has 4 aliphatic carbocycles. The average molecular weight is 1600 g/mol. The van der Waals surface area contributed by atoms with Crippen molar-refractivity contribution in [2.24, 2.45) is 30.7 Å². The highest BCUT2D eigenvalue weighted by atomic mass is 19.1. The number of hydrogen-bond donors (Lipinski definition) is 4. The topological polar surface area (TPSA) is 231 Å². The van der Waals surface area contributed by atoms with Gasteiger partial charge < -0.3 is 40.9 Å². The third-order valence-electron chi connectivity index (χ3n) is 23.6. The Bertz CT molecular complexity index is 5550. The number of aromatic nitrogens is 11. The van der Waals surface area contributed by atoms with Crippen molar-refractivity contribution in [1.29, 1.82) is 0 Å². The molecule has 4 saturated carbocycles. The van der Waals surface area contributed by atoms with Crippen molar-refractivity contribution in [3.8, 4) is 33.4 Å². The van der Waals surface area contributed by atoms with Gasteiger partial charge in [-0.25, -0.2) is 8.78 Å². The van der Waals surface area contributed by atoms with Crippen molar-refractivity contribution >= 4 is 69.6 Å². The number of carbonyl (C=O) groups is 4. The van der Waals surface area contributed by atoms with Crippen LogP contribution in [0.4, 0.5) is 54.8 Å². The third-order valence-corrected chi connectivity index (χ3v) is 23.6. The Morgan fingerprint density at radius 3 is 1.03 bits per heavy atom. The second-order valence-corrected chi connectivity index (χ2v) is 32.9. The van der Waals surface area contributed by atoms with E-state index in [1.165, 1.54) is 103 Å². The van der Waals surface area contributed by atoms with Gasteiger partial charge in [0.1, 0.15) is 11.6 Å². The number of rotatable bonds is 19. The molecule has 6 aromatic carbocycles. The molecule has 0 atom stereocenters. The van der Waals surface area contributed by atoms with Gasteiger partial charge in [-0.3, -0.25) is 47.6 Å². The lowest BCUT2D eigenvalue weighted by molar-refractivity contribution is -0.130. The van der Waals surface area contributed by atoms with Crippen LogP contribution in [0.2, 0.25) is 0 Å². The highest BCUT2D eigenvalue weighted by Crippen LogP contribution is 2.41. The number of fused-ring (bicyclic) bond motifs is 4. The van der Waals surface area contributed by atoms with Crippen molar-refractivity contribution in [2.75, 3.05) is 47.4 Å². The van der Waals surface area contributed by atoms with E-state index in [-0.39, 0.29) is 35.3 Å². The van der Waals surface area contributed by atoms with Crippen molar-refractivity contribution < 1.29 is 28.0 Å². The van der Waals surface area contributed by atoms with Gasteiger partial charge in [0, 0.05) is 211 Å². The number of carbonyl (C=O) groups excluding carboxylic acids is 4. The van der Waals surface area contributed by atoms with Crippen LogP contribution in [0.3, 0.4) is 0 Å². The third kappa shape index (κ3) is 20.4. The summed E-state index contributed by atoms with van der Waals surface area (Å²) in [6, 6.07) is 51.6. The number of nitrogens with one attached hydrogen (secondary N) is 4. The second-order valence-electron chi connectivity index (χ2n) is 32.9. The van der Waals surface area contributed by atoms with E-state index in [4.69, 9.17) is 20.4 Å². The highest BCUT2D eigenvalue weighted by molar-refractivity contribution is 5.78. The molecule has 614 valence electrons. The molecule has 4 fully saturated rings. The molecule has 6 aromatic heterocycles. The van der Waals surface area contributed by atoms with Crippen LogP contribution in [0.15, 0.2) is 189 Å². The van der Waals surface area contributed by atoms with Gasteiger partial charge in [0.05, 0.1) is 26.2 Å². The maximum atomic E-state index is 14.1. The number of anilines is 8. The number of nitrogens with zero attached hydrogens (tertiary/aromatic N) is 15. The number of hydrogen-bond acceptors (Lipinski definition) is 14. The number of pyridine rings is 1. The molecular weight excluding hydrogens is 1500 g/mol. The minimum Gasteiger partial charge on any atom is -0.338 e. The highest BCUT2D eigenvalue weighted by Gasteiger charge is 2.35. The Labute approximate surface area is 693 Å². The monoisotopic (exact) mass is 1600 g/mol. The van der Waals surface area contributed by atoms with E-state index >= 15 is 0 Å². The quantitative estimate of drug-likeness (QED) is 0.0590. The van der Waals surface area contributed by atoms with E-state index in [1.807, 2.05) is 112 Å². The van der Waals surface area contributed by atoms with Gasteiger partial charge in [0.2, 0.25) is 23.6 Å². The summed E-state index contributed by atoms with van der Waals surface area (Å²) in [6.45, 7) is 18.1. The summed E-state index contributed by atoms with van der Waals surface area (Å²) in [5, 5.41) is 37.2. The normalized spacial score (nSPS) is 15.6. The SMILES string of the molecule is CC(=O)N1CCc2c(c(Nc3ccc(-c4cccc(F)c4)cc3)nn2CC2CC2)C1.CC(=O)N1CCc2c(c(Nc3ccc(-c4ccccc4F)cc3)nn2CC2CC2)C1.CC(=O)N1CCc2c(c(Nc3ccc(-c4ccncc4)cc3)nn2CC2CC2)C1.CC(=O)N1CCc2c(c(Nc3ccc(C)cc3)nn2CC2CC2)C1.Cn1cccn1. The molecular formula is C94H105F2N19O4. The Kier molecular flexibility index (Phi) is 24.4. The Balaban J connectivity index is 0.000000116. The molecule has 0 spiro atoms. The summed E-state index contributed by atoms with van der Waals surface area (Å²) in [5.41, 5.74) is 20.3. The fourth-order valence-electron chi connectivity index (χ4n) is 15.9. The van der Waals surface area contributed by atoms with E-state index in [0.29, 0.717) is 31.7 Å². The Hall–Kier alpha value is -12.5. The van der Waals surface area contributed by atoms with Crippen LogP contribution in [-0.2, 0) is 104 Å². The van der Waals surface area contributed by atoms with Crippen LogP contribution in [-0.4, -0.2) is 123 Å². The second kappa shape index (κ2) is 36.1. The van der Waals surface area contributed by atoms with E-state index in [9.17, 15) is 28.0 Å². The molecule has 0 bridgehead atoms. The van der Waals surface area contributed by atoms with Crippen molar-refractivity contribution in [1.82, 2.24) is 73.5 Å². The zero-order valence-corrected chi connectivity index (χ0v) is 68.8. The molecule has 23 nitrogen and oxygen atoms in total. The molecule has 119 heavy (non-hydrogen) atoms. The number of halogens is 2. The summed E-state index contributed by atoms with van der Waals surface area (Å²) in [4.78, 5) is 59.2. The molecule has 8 aliphatic rings. The van der Waals surface area contributed by atoms with Crippen LogP contribution in [0.5, 0.6) is 0 Å². The standard InChI is InChI=1S/2C24H25FN4O.C23H25N5O.C19H24N4O.C4H6N2/c1-16(30)28-12-11-23-22(15-28)24(27-29(23)14-17-5-6-17)26-21-9-7-18(8-10-21)19-3-2-4-20(25)13-19;1-16(30)28-13-12-23-21(15-28)24(27-29(23)14-17-6-7-17)26-19-10-8-18(9-11-19)20-4-2-3-5-22(20)25;1-16(29)27-13-10-22-21(15-27)23(26-28(22)14-17-2-3-17)25-20-6-4-18(5-7-20)19-8-11-24-12-9-19;1-13-3-7-16(8-4-13)20-19-17-12-22(14(2)24)10-9-18(17)23(21-19)11-15-5-6-15;1-6-4-2-3-5-6/h2-4,7-10,13,17H,5-6,11-12,14-15H2,1H3,(H,26,27);2-5,8-11,17H,6-7,12-15H2,1H3,(H,26,27);4-9,11-12,17H,2-3,10,13-15H2,1H3,(H,25,26);3-4,7-8,15H,5-6,9-12H2,1-2H3,(H,20,21);2-4H,1H3. The molecule has 10 heterocycles. The van der Waals surface area contributed by atoms with Gasteiger partial charge in [-0.2, -0.15) is 25.5 Å². The first kappa shape index (κ1) is 80.3. The summed E-state index contributed by atoms with van der Waals surface area (Å²) < 4.78 is 38.0. The largest absolute Gasteiger partial charge is 0.338 e. The smallest absolute Gasteiger partial charge is 0.219 e. The van der Waals surface area contributed by atoms with E-state index in [1.54, 1.807) is 69.2 Å². The van der Waals surface area contributed by atoms with Gasteiger partial charge in [-0.05, 0) is 195 Å². The minimum atomic E-state index is -0.238. The summed E-state index contributed by atoms with van der Waals surface area (Å²) in [5.74, 6) is 6.42. The first-order valence-corrected chi connectivity index (χ1v) is 42.0. The predicted molar refractivity (Wildman–Crippen MR) is 460 cm³/mol. The first-order valence-electron chi connectivity index (χ1n) is 42.0. The van der Waals surface area contributed by atoms with Gasteiger partial charge in [-0.15, -0.1) is 0 Å². The average Bonchev–Trinajstić information content (AvgIpc) is 1.65. The lowest BCUT2D eigenvalue weighted by atomic mass is 10.0. The van der Waals surface area contributed by atoms with E-state index < -0.39 is 0 Å². The van der Waals surface area contributed by atoms with Crippen LogP contribution < -0.4 is 21.3 Å². The van der Waals surface area contributed by atoms with Crippen molar-refractivity contribution in [3.05, 3.63) is 251 Å². The molecule has 25 heteroatoms. The lowest BCUT2D eigenvalue weighted by Crippen LogP contribution is -2.34. The summed E-state index contributed by atoms with van der Waals surface area (Å²) in [7, 11) is 1.89. The summed E-state index contributed by atoms with van der Waals surface area (Å²) in [6.07, 6.45) is 21.0. The minimum absolute atomic E-state index is 0.0933. The van der Waals surface area contributed by atoms with Gasteiger partial charge in [0.25, 0.3) is 0 Å². The van der Waals surface area contributed by atoms with Gasteiger partial charge >= 0.3 is 0 Å². The molecule has 4 N–H and O–H groups in total. The fraction of sp³-hybridized carbons (Fsp3) is 0.362. The predicted octanol–water partition coefficient (Wildman–Crippen LogP) is 17.2. The number of benzene rings is 6. The number of aryl methyl sites for hydroxylation is 2. The molecule has 4 aliphatic heterocycles. The summed E-state index contributed by atoms with van der Waals surface area (Å²) >= 11 is 0. The van der Waals surface area contributed by atoms with Crippen LogP contribution in [0, 0.1) is 42.2 Å². The van der Waals surface area contributed by atoms with Crippen molar-refractivity contribution in [2.45, 2.75) is 164 Å². The molecule has 0 radical (unpaired) electrons. The van der Waals surface area contributed by atoms with Crippen molar-refractivity contribution in [3.63, 3.8) is 0 Å². The Morgan fingerprint density at radius 2 is 0.714 bits per heavy atom. The lowest BCUT2D eigenvalue weighted by Gasteiger charge is -2.26. The zero-order chi connectivity index (χ0) is 82.2. The molecule has 4 amide bonds. The molecule has 0 unspecified atom stereocenters. The fourth-order valence-corrected chi connectivity index (χ4v) is 15.9. The maximum Gasteiger partial charge on any atom is 0.219 e. The number of amides is 4.